The predicted octanol–water partition coefficient (Wildman–Crippen LogP) is 1.49. The van der Waals surface area contributed by atoms with Gasteiger partial charge in [0, 0.05) is 35.8 Å². The van der Waals surface area contributed by atoms with Crippen molar-refractivity contribution in [2.75, 3.05) is 13.1 Å². The van der Waals surface area contributed by atoms with E-state index in [1.807, 2.05) is 6.92 Å². The number of carbonyl (C=O) groups excluding carboxylic acids is 2. The fourth-order valence-corrected chi connectivity index (χ4v) is 2.24. The lowest BCUT2D eigenvalue weighted by atomic mass is 10.2. The molecule has 1 rings (SSSR count). The van der Waals surface area contributed by atoms with Gasteiger partial charge >= 0.3 is 5.97 Å². The van der Waals surface area contributed by atoms with Crippen molar-refractivity contribution in [1.82, 2.24) is 10.6 Å². The van der Waals surface area contributed by atoms with E-state index < -0.39 is 5.97 Å². The zero-order valence-corrected chi connectivity index (χ0v) is 12.5. The topological polar surface area (TPSA) is 95.5 Å². The molecule has 0 radical (unpaired) electrons. The van der Waals surface area contributed by atoms with Crippen LogP contribution in [-0.4, -0.2) is 36.0 Å². The van der Waals surface area contributed by atoms with Gasteiger partial charge in [0.1, 0.15) is 0 Å². The van der Waals surface area contributed by atoms with Crippen LogP contribution in [-0.2, 0) is 9.59 Å². The van der Waals surface area contributed by atoms with E-state index in [0.717, 1.165) is 12.5 Å². The molecular formula is C14H18N2O4S. The molecule has 0 saturated carbocycles. The van der Waals surface area contributed by atoms with E-state index in [4.69, 9.17) is 5.11 Å². The van der Waals surface area contributed by atoms with Gasteiger partial charge in [-0.2, -0.15) is 0 Å². The molecule has 0 unspecified atom stereocenters. The zero-order chi connectivity index (χ0) is 15.7. The van der Waals surface area contributed by atoms with Crippen molar-refractivity contribution in [3.8, 4) is 0 Å². The highest BCUT2D eigenvalue weighted by atomic mass is 32.1. The average molecular weight is 310 g/mol. The molecule has 0 aliphatic rings. The second-order valence-corrected chi connectivity index (χ2v) is 5.21. The number of thiophene rings is 1. The van der Waals surface area contributed by atoms with Gasteiger partial charge in [-0.3, -0.25) is 9.59 Å². The summed E-state index contributed by atoms with van der Waals surface area (Å²) in [4.78, 5) is 34.2. The van der Waals surface area contributed by atoms with Crippen LogP contribution in [0.25, 0.3) is 6.08 Å². The molecule has 1 aromatic heterocycles. The highest BCUT2D eigenvalue weighted by Gasteiger charge is 2.08. The first-order valence-electron chi connectivity index (χ1n) is 6.57. The van der Waals surface area contributed by atoms with E-state index in [1.165, 1.54) is 17.4 Å². The Labute approximate surface area is 126 Å². The minimum absolute atomic E-state index is 0.0902. The van der Waals surface area contributed by atoms with Crippen molar-refractivity contribution in [2.24, 2.45) is 0 Å². The van der Waals surface area contributed by atoms with E-state index in [-0.39, 0.29) is 24.8 Å². The molecule has 0 spiro atoms. The van der Waals surface area contributed by atoms with Crippen molar-refractivity contribution in [3.63, 3.8) is 0 Å². The maximum atomic E-state index is 11.8. The molecule has 0 fully saturated rings. The van der Waals surface area contributed by atoms with Crippen molar-refractivity contribution in [2.45, 2.75) is 19.8 Å². The fourth-order valence-electron chi connectivity index (χ4n) is 1.46. The second kappa shape index (κ2) is 8.91. The van der Waals surface area contributed by atoms with Crippen LogP contribution in [0.15, 0.2) is 17.5 Å². The maximum absolute atomic E-state index is 11.8. The lowest BCUT2D eigenvalue weighted by Gasteiger charge is -2.04. The van der Waals surface area contributed by atoms with Gasteiger partial charge < -0.3 is 15.7 Å². The lowest BCUT2D eigenvalue weighted by molar-refractivity contribution is -0.131. The molecule has 114 valence electrons. The van der Waals surface area contributed by atoms with Crippen LogP contribution in [0.2, 0.25) is 0 Å². The maximum Gasteiger partial charge on any atom is 0.328 e. The Morgan fingerprint density at radius 3 is 2.71 bits per heavy atom. The summed E-state index contributed by atoms with van der Waals surface area (Å²) in [6.07, 6.45) is 3.56. The van der Waals surface area contributed by atoms with Gasteiger partial charge in [0.15, 0.2) is 0 Å². The van der Waals surface area contributed by atoms with Crippen LogP contribution in [0.1, 0.15) is 35.0 Å². The Balaban J connectivity index is 2.39. The SMILES string of the molecule is CCCNC(=O)CCNC(=O)c1csc(C=CC(=O)O)c1. The van der Waals surface area contributed by atoms with Crippen LogP contribution in [0.3, 0.4) is 0 Å². The first-order valence-corrected chi connectivity index (χ1v) is 7.45. The summed E-state index contributed by atoms with van der Waals surface area (Å²) < 4.78 is 0. The van der Waals surface area contributed by atoms with Gasteiger partial charge in [0.25, 0.3) is 5.91 Å². The zero-order valence-electron chi connectivity index (χ0n) is 11.7. The molecule has 0 aliphatic carbocycles. The Hall–Kier alpha value is -2.15. The van der Waals surface area contributed by atoms with E-state index >= 15 is 0 Å². The van der Waals surface area contributed by atoms with Gasteiger partial charge in [0.05, 0.1) is 5.56 Å². The number of hydrogen-bond acceptors (Lipinski definition) is 4. The van der Waals surface area contributed by atoms with Crippen LogP contribution >= 0.6 is 11.3 Å². The number of amides is 2. The molecule has 1 heterocycles. The average Bonchev–Trinajstić information content (AvgIpc) is 2.91. The number of hydrogen-bond donors (Lipinski definition) is 3. The van der Waals surface area contributed by atoms with Gasteiger partial charge in [-0.25, -0.2) is 4.79 Å². The van der Waals surface area contributed by atoms with E-state index in [1.54, 1.807) is 11.4 Å². The minimum atomic E-state index is -1.03. The molecule has 21 heavy (non-hydrogen) atoms. The second-order valence-electron chi connectivity index (χ2n) is 4.27. The molecule has 0 bridgehead atoms. The molecule has 1 aromatic rings. The van der Waals surface area contributed by atoms with Crippen LogP contribution in [0.4, 0.5) is 0 Å². The summed E-state index contributed by atoms with van der Waals surface area (Å²) in [6.45, 7) is 2.87. The van der Waals surface area contributed by atoms with Crippen LogP contribution < -0.4 is 10.6 Å². The summed E-state index contributed by atoms with van der Waals surface area (Å²) in [6, 6.07) is 1.61. The third-order valence-electron chi connectivity index (χ3n) is 2.48. The van der Waals surface area contributed by atoms with Gasteiger partial charge in [-0.05, 0) is 18.6 Å². The number of carboxylic acids is 1. The third kappa shape index (κ3) is 6.71. The normalized spacial score (nSPS) is 10.5. The Morgan fingerprint density at radius 2 is 2.05 bits per heavy atom. The Kier molecular flexibility index (Phi) is 7.17. The van der Waals surface area contributed by atoms with E-state index in [0.29, 0.717) is 17.0 Å². The highest BCUT2D eigenvalue weighted by molar-refractivity contribution is 7.11. The summed E-state index contributed by atoms with van der Waals surface area (Å²) in [5, 5.41) is 15.5. The molecule has 0 saturated heterocycles. The number of rotatable bonds is 8. The Morgan fingerprint density at radius 1 is 1.29 bits per heavy atom. The summed E-state index contributed by atoms with van der Waals surface area (Å²) in [5.41, 5.74) is 0.457. The molecular weight excluding hydrogens is 292 g/mol. The molecule has 0 aliphatic heterocycles. The molecule has 0 aromatic carbocycles. The largest absolute Gasteiger partial charge is 0.478 e. The standard InChI is InChI=1S/C14H18N2O4S/c1-2-6-15-12(17)5-7-16-14(20)10-8-11(21-9-10)3-4-13(18)19/h3-4,8-9H,2,5-7H2,1H3,(H,15,17)(H,16,20)(H,18,19). The number of aliphatic carboxylic acids is 1. The van der Waals surface area contributed by atoms with Crippen molar-refractivity contribution in [1.29, 1.82) is 0 Å². The van der Waals surface area contributed by atoms with Crippen molar-refractivity contribution >= 4 is 35.2 Å². The molecule has 3 N–H and O–H groups in total. The fraction of sp³-hybridized carbons (Fsp3) is 0.357. The summed E-state index contributed by atoms with van der Waals surface area (Å²) in [5.74, 6) is -1.40. The molecule has 7 heteroatoms. The first kappa shape index (κ1) is 16.9. The Bertz CT molecular complexity index is 537. The molecule has 6 nitrogen and oxygen atoms in total. The van der Waals surface area contributed by atoms with Gasteiger partial charge in [-0.1, -0.05) is 6.92 Å². The minimum Gasteiger partial charge on any atom is -0.478 e. The van der Waals surface area contributed by atoms with E-state index in [2.05, 4.69) is 10.6 Å². The number of carboxylic acid groups (broad SMARTS) is 1. The summed E-state index contributed by atoms with van der Waals surface area (Å²) >= 11 is 1.28. The first-order chi connectivity index (χ1) is 10.0. The quantitative estimate of drug-likeness (QED) is 0.634. The monoisotopic (exact) mass is 310 g/mol. The van der Waals surface area contributed by atoms with E-state index in [9.17, 15) is 14.4 Å². The smallest absolute Gasteiger partial charge is 0.328 e. The van der Waals surface area contributed by atoms with Crippen molar-refractivity contribution in [3.05, 3.63) is 28.0 Å². The highest BCUT2D eigenvalue weighted by Crippen LogP contribution is 2.16. The lowest BCUT2D eigenvalue weighted by Crippen LogP contribution is -2.30. The van der Waals surface area contributed by atoms with Crippen LogP contribution in [0, 0.1) is 0 Å². The van der Waals surface area contributed by atoms with Crippen molar-refractivity contribution < 1.29 is 19.5 Å². The van der Waals surface area contributed by atoms with Gasteiger partial charge in [0.2, 0.25) is 5.91 Å². The predicted molar refractivity (Wildman–Crippen MR) is 81.2 cm³/mol. The number of nitrogens with one attached hydrogen (secondary N) is 2. The van der Waals surface area contributed by atoms with Gasteiger partial charge in [-0.15, -0.1) is 11.3 Å². The third-order valence-corrected chi connectivity index (χ3v) is 3.38. The molecule has 2 amide bonds. The van der Waals surface area contributed by atoms with Crippen LogP contribution in [0.5, 0.6) is 0 Å². The molecule has 0 atom stereocenters. The number of carbonyl (C=O) groups is 3. The summed E-state index contributed by atoms with van der Waals surface area (Å²) in [7, 11) is 0.